The van der Waals surface area contributed by atoms with Crippen molar-refractivity contribution in [1.29, 1.82) is 0 Å². The third kappa shape index (κ3) is 4.03. The zero-order valence-corrected chi connectivity index (χ0v) is 14.9. The van der Waals surface area contributed by atoms with Crippen LogP contribution in [0.15, 0.2) is 23.2 Å². The minimum absolute atomic E-state index is 0.120. The van der Waals surface area contributed by atoms with Crippen LogP contribution in [0.5, 0.6) is 0 Å². The minimum atomic E-state index is -0.120. The van der Waals surface area contributed by atoms with Gasteiger partial charge in [0.05, 0.1) is 5.69 Å². The summed E-state index contributed by atoms with van der Waals surface area (Å²) in [5, 5.41) is 9.98. The third-order valence-electron chi connectivity index (χ3n) is 4.33. The minimum Gasteiger partial charge on any atom is -0.356 e. The summed E-state index contributed by atoms with van der Waals surface area (Å²) in [7, 11) is 0. The SMILES string of the molecule is CCc1cc(N2CCC(NC(=O)Nc3cscc3C)CC2)ncn1. The molecular formula is C17H23N5OS. The molecule has 2 amide bonds. The molecule has 0 aromatic carbocycles. The number of amides is 2. The molecule has 7 heteroatoms. The summed E-state index contributed by atoms with van der Waals surface area (Å²) in [6.45, 7) is 5.87. The highest BCUT2D eigenvalue weighted by Gasteiger charge is 2.22. The first-order valence-electron chi connectivity index (χ1n) is 8.32. The maximum Gasteiger partial charge on any atom is 0.319 e. The van der Waals surface area contributed by atoms with Crippen molar-refractivity contribution >= 4 is 28.9 Å². The van der Waals surface area contributed by atoms with Crippen molar-refractivity contribution < 1.29 is 4.79 Å². The Balaban J connectivity index is 1.49. The van der Waals surface area contributed by atoms with Crippen LogP contribution in [0.4, 0.5) is 16.3 Å². The van der Waals surface area contributed by atoms with Crippen molar-refractivity contribution in [3.05, 3.63) is 34.4 Å². The molecule has 6 nitrogen and oxygen atoms in total. The highest BCUT2D eigenvalue weighted by Crippen LogP contribution is 2.20. The molecule has 1 aliphatic rings. The number of anilines is 2. The van der Waals surface area contributed by atoms with E-state index in [9.17, 15) is 4.79 Å². The molecule has 0 saturated carbocycles. The molecule has 2 aromatic heterocycles. The van der Waals surface area contributed by atoms with E-state index in [1.165, 1.54) is 0 Å². The molecule has 1 aliphatic heterocycles. The van der Waals surface area contributed by atoms with Crippen molar-refractivity contribution in [2.45, 2.75) is 39.2 Å². The van der Waals surface area contributed by atoms with E-state index in [1.807, 2.05) is 17.7 Å². The van der Waals surface area contributed by atoms with Gasteiger partial charge < -0.3 is 15.5 Å². The summed E-state index contributed by atoms with van der Waals surface area (Å²) >= 11 is 1.59. The van der Waals surface area contributed by atoms with Gasteiger partial charge in [-0.15, -0.1) is 11.3 Å². The normalized spacial score (nSPS) is 15.3. The second-order valence-corrected chi connectivity index (χ2v) is 6.79. The predicted octanol–water partition coefficient (Wildman–Crippen LogP) is 3.20. The van der Waals surface area contributed by atoms with Crippen LogP contribution in [0.3, 0.4) is 0 Å². The van der Waals surface area contributed by atoms with Crippen molar-refractivity contribution in [2.24, 2.45) is 0 Å². The van der Waals surface area contributed by atoms with E-state index in [-0.39, 0.29) is 12.1 Å². The van der Waals surface area contributed by atoms with Crippen molar-refractivity contribution in [3.8, 4) is 0 Å². The van der Waals surface area contributed by atoms with E-state index in [4.69, 9.17) is 0 Å². The Morgan fingerprint density at radius 2 is 2.12 bits per heavy atom. The Hall–Kier alpha value is -2.15. The molecule has 2 aromatic rings. The number of rotatable bonds is 4. The topological polar surface area (TPSA) is 70.2 Å². The average molecular weight is 345 g/mol. The van der Waals surface area contributed by atoms with E-state index in [0.717, 1.165) is 55.1 Å². The van der Waals surface area contributed by atoms with E-state index in [1.54, 1.807) is 17.7 Å². The van der Waals surface area contributed by atoms with Crippen LogP contribution in [-0.2, 0) is 6.42 Å². The molecule has 3 rings (SSSR count). The van der Waals surface area contributed by atoms with Crippen LogP contribution in [0.1, 0.15) is 31.0 Å². The number of nitrogens with one attached hydrogen (secondary N) is 2. The highest BCUT2D eigenvalue weighted by molar-refractivity contribution is 7.08. The molecule has 1 saturated heterocycles. The number of carbonyl (C=O) groups is 1. The number of urea groups is 1. The molecule has 0 bridgehead atoms. The lowest BCUT2D eigenvalue weighted by atomic mass is 10.1. The third-order valence-corrected chi connectivity index (χ3v) is 5.19. The van der Waals surface area contributed by atoms with E-state index in [0.29, 0.717) is 0 Å². The largest absolute Gasteiger partial charge is 0.356 e. The smallest absolute Gasteiger partial charge is 0.319 e. The lowest BCUT2D eigenvalue weighted by molar-refractivity contribution is 0.246. The summed E-state index contributed by atoms with van der Waals surface area (Å²) in [6, 6.07) is 2.14. The molecule has 3 heterocycles. The van der Waals surface area contributed by atoms with Crippen LogP contribution in [0.2, 0.25) is 0 Å². The van der Waals surface area contributed by atoms with Crippen molar-refractivity contribution in [1.82, 2.24) is 15.3 Å². The van der Waals surface area contributed by atoms with Gasteiger partial charge in [-0.05, 0) is 37.1 Å². The number of aryl methyl sites for hydroxylation is 2. The van der Waals surface area contributed by atoms with E-state index < -0.39 is 0 Å². The zero-order chi connectivity index (χ0) is 16.9. The fourth-order valence-corrected chi connectivity index (χ4v) is 3.62. The molecule has 1 fully saturated rings. The summed E-state index contributed by atoms with van der Waals surface area (Å²) in [4.78, 5) is 23.0. The van der Waals surface area contributed by atoms with E-state index >= 15 is 0 Å². The number of hydrogen-bond donors (Lipinski definition) is 2. The zero-order valence-electron chi connectivity index (χ0n) is 14.1. The lowest BCUT2D eigenvalue weighted by Gasteiger charge is -2.33. The van der Waals surface area contributed by atoms with Gasteiger partial charge in [0.2, 0.25) is 0 Å². The summed E-state index contributed by atoms with van der Waals surface area (Å²) in [5.41, 5.74) is 3.05. The van der Waals surface area contributed by atoms with Crippen molar-refractivity contribution in [3.63, 3.8) is 0 Å². The van der Waals surface area contributed by atoms with Gasteiger partial charge in [-0.25, -0.2) is 14.8 Å². The maximum absolute atomic E-state index is 12.1. The van der Waals surface area contributed by atoms with Crippen LogP contribution in [0, 0.1) is 6.92 Å². The average Bonchev–Trinajstić information content (AvgIpc) is 3.00. The fraction of sp³-hybridized carbons (Fsp3) is 0.471. The molecule has 0 atom stereocenters. The molecular weight excluding hydrogens is 322 g/mol. The second-order valence-electron chi connectivity index (χ2n) is 6.05. The highest BCUT2D eigenvalue weighted by atomic mass is 32.1. The van der Waals surface area contributed by atoms with Crippen molar-refractivity contribution in [2.75, 3.05) is 23.3 Å². The Morgan fingerprint density at radius 1 is 1.33 bits per heavy atom. The monoisotopic (exact) mass is 345 g/mol. The number of aromatic nitrogens is 2. The molecule has 128 valence electrons. The molecule has 0 spiro atoms. The Labute approximate surface area is 146 Å². The Kier molecular flexibility index (Phi) is 5.30. The first-order chi connectivity index (χ1) is 11.7. The van der Waals surface area contributed by atoms with Crippen LogP contribution >= 0.6 is 11.3 Å². The lowest BCUT2D eigenvalue weighted by Crippen LogP contribution is -2.46. The van der Waals surface area contributed by atoms with Crippen LogP contribution in [-0.4, -0.2) is 35.1 Å². The second kappa shape index (κ2) is 7.61. The number of thiophene rings is 1. The summed E-state index contributed by atoms with van der Waals surface area (Å²) < 4.78 is 0. The number of carbonyl (C=O) groups excluding carboxylic acids is 1. The fourth-order valence-electron chi connectivity index (χ4n) is 2.84. The van der Waals surface area contributed by atoms with Gasteiger partial charge in [0, 0.05) is 36.3 Å². The van der Waals surface area contributed by atoms with E-state index in [2.05, 4.69) is 38.5 Å². The number of piperidine rings is 1. The molecule has 24 heavy (non-hydrogen) atoms. The molecule has 2 N–H and O–H groups in total. The predicted molar refractivity (Wildman–Crippen MR) is 97.9 cm³/mol. The van der Waals surface area contributed by atoms with Gasteiger partial charge in [0.1, 0.15) is 12.1 Å². The van der Waals surface area contributed by atoms with Gasteiger partial charge in [-0.2, -0.15) is 0 Å². The van der Waals surface area contributed by atoms with Gasteiger partial charge in [0.25, 0.3) is 0 Å². The first kappa shape index (κ1) is 16.7. The molecule has 0 aliphatic carbocycles. The van der Waals surface area contributed by atoms with Crippen LogP contribution < -0.4 is 15.5 Å². The number of nitrogens with zero attached hydrogens (tertiary/aromatic N) is 3. The Morgan fingerprint density at radius 3 is 2.79 bits per heavy atom. The Bertz CT molecular complexity index is 694. The standard InChI is InChI=1S/C17H23N5OS/c1-3-13-8-16(19-11-18-13)22-6-4-14(5-7-22)20-17(23)21-15-10-24-9-12(15)2/h8-11,14H,3-7H2,1-2H3,(H2,20,21,23). The van der Waals surface area contributed by atoms with Gasteiger partial charge in [-0.1, -0.05) is 6.92 Å². The summed E-state index contributed by atoms with van der Waals surface area (Å²) in [6.07, 6.45) is 4.38. The van der Waals surface area contributed by atoms with Gasteiger partial charge in [0.15, 0.2) is 0 Å². The van der Waals surface area contributed by atoms with Gasteiger partial charge in [-0.3, -0.25) is 0 Å². The first-order valence-corrected chi connectivity index (χ1v) is 9.26. The summed E-state index contributed by atoms with van der Waals surface area (Å²) in [5.74, 6) is 0.985. The van der Waals surface area contributed by atoms with Gasteiger partial charge >= 0.3 is 6.03 Å². The quantitative estimate of drug-likeness (QED) is 0.893. The number of hydrogen-bond acceptors (Lipinski definition) is 5. The molecule has 0 radical (unpaired) electrons. The molecule has 0 unspecified atom stereocenters. The maximum atomic E-state index is 12.1. The van der Waals surface area contributed by atoms with Crippen LogP contribution in [0.25, 0.3) is 0 Å².